The zero-order valence-corrected chi connectivity index (χ0v) is 20.0. The predicted molar refractivity (Wildman–Crippen MR) is 135 cm³/mol. The second-order valence-corrected chi connectivity index (χ2v) is 9.56. The number of nitrogens with zero attached hydrogens (tertiary/aromatic N) is 5. The molecule has 176 valence electrons. The molecule has 36 heavy (non-hydrogen) atoms. The molecule has 4 heterocycles. The van der Waals surface area contributed by atoms with Crippen LogP contribution >= 0.6 is 0 Å². The molecule has 2 aliphatic rings. The number of rotatable bonds is 5. The van der Waals surface area contributed by atoms with Gasteiger partial charge in [0.15, 0.2) is 0 Å². The van der Waals surface area contributed by atoms with Crippen molar-refractivity contribution in [3.05, 3.63) is 77.5 Å². The summed E-state index contributed by atoms with van der Waals surface area (Å²) in [6.07, 6.45) is 3.56. The topological polar surface area (TPSA) is 63.5 Å². The summed E-state index contributed by atoms with van der Waals surface area (Å²) in [5, 5.41) is 3.84. The minimum Gasteiger partial charge on any atom is -0.485 e. The highest BCUT2D eigenvalue weighted by Crippen LogP contribution is 2.37. The zero-order valence-electron chi connectivity index (χ0n) is 20.0. The van der Waals surface area contributed by atoms with Gasteiger partial charge in [0.1, 0.15) is 23.2 Å². The van der Waals surface area contributed by atoms with Gasteiger partial charge in [-0.1, -0.05) is 12.1 Å². The minimum absolute atomic E-state index is 0.0841. The van der Waals surface area contributed by atoms with Crippen LogP contribution in [0, 0.1) is 5.82 Å². The van der Waals surface area contributed by atoms with Gasteiger partial charge in [0.25, 0.3) is 5.91 Å². The Labute approximate surface area is 210 Å². The monoisotopic (exact) mass is 477 g/mol. The Morgan fingerprint density at radius 3 is 2.67 bits per heavy atom. The number of likely N-dealkylation sites (N-methyl/N-ethyl adjacent to an activating group) is 1. The molecule has 0 unspecified atom stereocenters. The van der Waals surface area contributed by atoms with Crippen molar-refractivity contribution < 1.29 is 13.9 Å². The fourth-order valence-electron chi connectivity index (χ4n) is 4.99. The third-order valence-electron chi connectivity index (χ3n) is 6.88. The first kappa shape index (κ1) is 22.8. The van der Waals surface area contributed by atoms with Crippen molar-refractivity contribution in [1.29, 1.82) is 0 Å². The van der Waals surface area contributed by atoms with Gasteiger partial charge in [0.05, 0.1) is 26.9 Å². The second kappa shape index (κ2) is 8.20. The Morgan fingerprint density at radius 2 is 1.94 bits per heavy atom. The van der Waals surface area contributed by atoms with Gasteiger partial charge in [-0.3, -0.25) is 19.4 Å². The Balaban J connectivity index is 1.30. The van der Waals surface area contributed by atoms with Crippen LogP contribution in [-0.2, 0) is 18.9 Å². The number of carbonyl (C=O) groups excluding carboxylic acids is 1. The molecule has 4 aromatic rings. The molecule has 1 fully saturated rings. The second-order valence-electron chi connectivity index (χ2n) is 9.56. The number of amides is 1. The summed E-state index contributed by atoms with van der Waals surface area (Å²) in [5.74, 6) is -0.126. The first-order valence-electron chi connectivity index (χ1n) is 11.7. The maximum Gasteiger partial charge on any atom is 0.255 e. The lowest BCUT2D eigenvalue weighted by atomic mass is 9.59. The van der Waals surface area contributed by atoms with Gasteiger partial charge >= 0.3 is 0 Å². The van der Waals surface area contributed by atoms with E-state index in [4.69, 9.17) is 20.4 Å². The van der Waals surface area contributed by atoms with Crippen LogP contribution in [-0.4, -0.2) is 72.4 Å². The SMILES string of the molecule is [B]C1([B])c2ncccc2C(=O)N1Cc1ccc(-c2ccc(OC3CN(C)C3)c3nn(C)cc23)cc1F. The van der Waals surface area contributed by atoms with Crippen LogP contribution in [0.3, 0.4) is 0 Å². The van der Waals surface area contributed by atoms with E-state index in [0.717, 1.165) is 29.6 Å². The summed E-state index contributed by atoms with van der Waals surface area (Å²) in [5.41, 5.74) is 3.17. The molecule has 1 amide bonds. The molecule has 6 rings (SSSR count). The van der Waals surface area contributed by atoms with E-state index in [9.17, 15) is 4.79 Å². The van der Waals surface area contributed by atoms with Crippen LogP contribution < -0.4 is 4.74 Å². The summed E-state index contributed by atoms with van der Waals surface area (Å²) < 4.78 is 23.2. The number of fused-ring (bicyclic) bond motifs is 2. The first-order chi connectivity index (χ1) is 17.2. The maximum atomic E-state index is 15.4. The van der Waals surface area contributed by atoms with Crippen LogP contribution in [0.1, 0.15) is 21.6 Å². The average Bonchev–Trinajstić information content (AvgIpc) is 3.31. The molecule has 2 aromatic carbocycles. The summed E-state index contributed by atoms with van der Waals surface area (Å²) in [6.45, 7) is 1.66. The summed E-state index contributed by atoms with van der Waals surface area (Å²) in [4.78, 5) is 20.5. The largest absolute Gasteiger partial charge is 0.485 e. The van der Waals surface area contributed by atoms with Crippen molar-refractivity contribution in [2.75, 3.05) is 20.1 Å². The molecule has 2 aliphatic heterocycles. The van der Waals surface area contributed by atoms with Crippen molar-refractivity contribution in [3.8, 4) is 16.9 Å². The molecule has 1 saturated heterocycles. The average molecular weight is 477 g/mol. The van der Waals surface area contributed by atoms with Crippen molar-refractivity contribution >= 4 is 32.5 Å². The third-order valence-corrected chi connectivity index (χ3v) is 6.88. The van der Waals surface area contributed by atoms with E-state index in [1.807, 2.05) is 38.5 Å². The lowest BCUT2D eigenvalue weighted by Crippen LogP contribution is -2.51. The Kier molecular flexibility index (Phi) is 5.19. The predicted octanol–water partition coefficient (Wildman–Crippen LogP) is 2.57. The first-order valence-corrected chi connectivity index (χ1v) is 11.7. The molecular weight excluding hydrogens is 455 g/mol. The normalized spacial score (nSPS) is 17.4. The highest BCUT2D eigenvalue weighted by Gasteiger charge is 2.43. The van der Waals surface area contributed by atoms with Gasteiger partial charge in [-0.15, -0.1) is 0 Å². The molecule has 0 saturated carbocycles. The molecule has 2 aromatic heterocycles. The Bertz CT molecular complexity index is 1520. The molecule has 0 N–H and O–H groups in total. The number of ether oxygens (including phenoxy) is 1. The standard InChI is InChI=1S/C26H22B2FN5O2/c1-32-12-17(13-32)36-22-8-7-18(20-14-33(2)31-23(20)22)15-5-6-16(21(29)10-15)11-34-25(35)19-4-3-9-30-24(19)26(34,27)28/h3-10,14,17H,11-13H2,1-2H3. The number of aryl methyl sites for hydroxylation is 1. The number of pyridine rings is 1. The van der Waals surface area contributed by atoms with E-state index in [0.29, 0.717) is 22.4 Å². The zero-order chi connectivity index (χ0) is 25.2. The number of carbonyl (C=O) groups is 1. The summed E-state index contributed by atoms with van der Waals surface area (Å²) in [7, 11) is 16.4. The van der Waals surface area contributed by atoms with Crippen molar-refractivity contribution in [1.82, 2.24) is 24.6 Å². The quantitative estimate of drug-likeness (QED) is 0.414. The van der Waals surface area contributed by atoms with E-state index in [1.165, 1.54) is 17.2 Å². The van der Waals surface area contributed by atoms with Crippen LogP contribution in [0.2, 0.25) is 0 Å². The maximum absolute atomic E-state index is 15.4. The van der Waals surface area contributed by atoms with E-state index < -0.39 is 11.2 Å². The van der Waals surface area contributed by atoms with Gasteiger partial charge in [-0.25, -0.2) is 4.39 Å². The van der Waals surface area contributed by atoms with E-state index >= 15 is 4.39 Å². The van der Waals surface area contributed by atoms with Crippen LogP contribution in [0.5, 0.6) is 5.75 Å². The molecular formula is C26H22B2FN5O2. The number of hydrogen-bond acceptors (Lipinski definition) is 5. The summed E-state index contributed by atoms with van der Waals surface area (Å²) in [6, 6.07) is 12.0. The molecule has 4 radical (unpaired) electrons. The molecule has 0 aliphatic carbocycles. The molecule has 0 spiro atoms. The third kappa shape index (κ3) is 3.59. The number of halogens is 1. The number of hydrogen-bond donors (Lipinski definition) is 0. The Hall–Kier alpha value is -3.65. The number of aromatic nitrogens is 3. The summed E-state index contributed by atoms with van der Waals surface area (Å²) >= 11 is 0. The van der Waals surface area contributed by atoms with Gasteiger partial charge in [0, 0.05) is 55.4 Å². The van der Waals surface area contributed by atoms with E-state index in [1.54, 1.807) is 22.9 Å². The molecule has 7 nitrogen and oxygen atoms in total. The highest BCUT2D eigenvalue weighted by atomic mass is 19.1. The lowest BCUT2D eigenvalue weighted by molar-refractivity contribution is 0.0398. The van der Waals surface area contributed by atoms with E-state index in [2.05, 4.69) is 15.0 Å². The van der Waals surface area contributed by atoms with Crippen LogP contribution in [0.15, 0.2) is 54.9 Å². The number of benzene rings is 2. The van der Waals surface area contributed by atoms with Gasteiger partial charge < -0.3 is 9.64 Å². The van der Waals surface area contributed by atoms with Gasteiger partial charge in [-0.2, -0.15) is 5.10 Å². The highest BCUT2D eigenvalue weighted by molar-refractivity contribution is 6.42. The van der Waals surface area contributed by atoms with Gasteiger partial charge in [0.2, 0.25) is 0 Å². The van der Waals surface area contributed by atoms with Gasteiger partial charge in [-0.05, 0) is 48.5 Å². The van der Waals surface area contributed by atoms with Crippen molar-refractivity contribution in [2.24, 2.45) is 7.05 Å². The van der Waals surface area contributed by atoms with E-state index in [-0.39, 0.29) is 24.2 Å². The lowest BCUT2D eigenvalue weighted by Gasteiger charge is -2.36. The fourth-order valence-corrected chi connectivity index (χ4v) is 4.99. The Morgan fingerprint density at radius 1 is 1.14 bits per heavy atom. The molecule has 0 atom stereocenters. The van der Waals surface area contributed by atoms with Crippen molar-refractivity contribution in [2.45, 2.75) is 18.0 Å². The van der Waals surface area contributed by atoms with Crippen LogP contribution in [0.25, 0.3) is 22.0 Å². The fraction of sp³-hybridized carbons (Fsp3) is 0.269. The number of likely N-dealkylation sites (tertiary alicyclic amines) is 1. The molecule has 0 bridgehead atoms. The molecule has 10 heteroatoms. The smallest absolute Gasteiger partial charge is 0.255 e. The van der Waals surface area contributed by atoms with Crippen molar-refractivity contribution in [3.63, 3.8) is 0 Å². The minimum atomic E-state index is -1.62. The van der Waals surface area contributed by atoms with Crippen LogP contribution in [0.4, 0.5) is 4.39 Å².